The molecule has 5 atom stereocenters. The number of hydrogen-bond acceptors (Lipinski definition) is 4. The number of fused-ring (bicyclic) bond motifs is 3. The van der Waals surface area contributed by atoms with E-state index in [-0.39, 0.29) is 24.0 Å². The summed E-state index contributed by atoms with van der Waals surface area (Å²) in [7, 11) is 4.00. The lowest BCUT2D eigenvalue weighted by Crippen LogP contribution is -2.49. The number of alkyl halides is 3. The van der Waals surface area contributed by atoms with Crippen molar-refractivity contribution in [3.8, 4) is 0 Å². The van der Waals surface area contributed by atoms with Gasteiger partial charge >= 0.3 is 6.18 Å². The number of benzene rings is 1. The van der Waals surface area contributed by atoms with Crippen LogP contribution in [0.1, 0.15) is 36.5 Å². The molecule has 4 rings (SSSR count). The number of nitrogens with zero attached hydrogens (tertiary/aromatic N) is 1. The zero-order valence-corrected chi connectivity index (χ0v) is 20.4. The summed E-state index contributed by atoms with van der Waals surface area (Å²) in [5, 5.41) is 10.5. The number of ether oxygens (including phenoxy) is 1. The van der Waals surface area contributed by atoms with Crippen LogP contribution in [-0.2, 0) is 10.9 Å². The zero-order valence-electron chi connectivity index (χ0n) is 19.6. The Hall–Kier alpha value is -2.10. The van der Waals surface area contributed by atoms with E-state index in [1.54, 1.807) is 6.07 Å². The summed E-state index contributed by atoms with van der Waals surface area (Å²) in [5.74, 6) is 0.373. The maximum Gasteiger partial charge on any atom is 0.416 e. The number of thiocarbonyl (C=S) groups is 1. The Kier molecular flexibility index (Phi) is 7.84. The Morgan fingerprint density at radius 3 is 2.74 bits per heavy atom. The lowest BCUT2D eigenvalue weighted by Gasteiger charge is -2.47. The molecular formula is C25H33F3N4OS. The largest absolute Gasteiger partial charge is 0.416 e. The molecule has 1 saturated heterocycles. The van der Waals surface area contributed by atoms with Crippen LogP contribution in [0.2, 0.25) is 0 Å². The van der Waals surface area contributed by atoms with Crippen LogP contribution in [-0.4, -0.2) is 55.9 Å². The summed E-state index contributed by atoms with van der Waals surface area (Å²) in [6.07, 6.45) is 6.12. The molecule has 34 heavy (non-hydrogen) atoms. The lowest BCUT2D eigenvalue weighted by atomic mass is 9.73. The molecule has 0 bridgehead atoms. The minimum absolute atomic E-state index is 0.0959. The molecule has 5 nitrogen and oxygen atoms in total. The van der Waals surface area contributed by atoms with Crippen LogP contribution in [0.15, 0.2) is 42.5 Å². The van der Waals surface area contributed by atoms with Crippen LogP contribution in [0.5, 0.6) is 0 Å². The molecule has 3 N–H and O–H groups in total. The summed E-state index contributed by atoms with van der Waals surface area (Å²) >= 11 is 5.37. The maximum atomic E-state index is 13.5. The molecule has 0 radical (unpaired) electrons. The van der Waals surface area contributed by atoms with Gasteiger partial charge in [-0.25, -0.2) is 0 Å². The van der Waals surface area contributed by atoms with E-state index >= 15 is 0 Å². The van der Waals surface area contributed by atoms with Crippen molar-refractivity contribution in [1.29, 1.82) is 0 Å². The topological polar surface area (TPSA) is 48.6 Å². The van der Waals surface area contributed by atoms with Crippen molar-refractivity contribution in [2.75, 3.05) is 39.0 Å². The maximum absolute atomic E-state index is 13.5. The van der Waals surface area contributed by atoms with E-state index < -0.39 is 17.8 Å². The summed E-state index contributed by atoms with van der Waals surface area (Å²) in [5.41, 5.74) is 0.695. The van der Waals surface area contributed by atoms with Crippen molar-refractivity contribution in [1.82, 2.24) is 15.5 Å². The Balaban J connectivity index is 1.49. The molecule has 1 unspecified atom stereocenters. The van der Waals surface area contributed by atoms with E-state index in [0.717, 1.165) is 44.1 Å². The van der Waals surface area contributed by atoms with Crippen molar-refractivity contribution in [3.05, 3.63) is 53.6 Å². The molecular weight excluding hydrogens is 461 g/mol. The standard InChI is InChI=1S/C25H33F3N4OS/c1-32(2)13-12-29-24(34)30-15-18-9-10-19-22(16-6-4-3-5-7-16)31-21-11-8-17(25(26,27)28)14-20(21)23(19)33-18/h3-6,8,11,14,16,18-19,22-23,31H,7,9-10,12-13,15H2,1-2H3,(H2,29,30,34)/t16?,18-,19+,22+,23+/m1/s1. The van der Waals surface area contributed by atoms with E-state index in [1.807, 2.05) is 26.2 Å². The third-order valence-electron chi connectivity index (χ3n) is 6.83. The molecule has 0 amide bonds. The molecule has 0 aromatic heterocycles. The Bertz CT molecular complexity index is 933. The summed E-state index contributed by atoms with van der Waals surface area (Å²) < 4.78 is 46.9. The van der Waals surface area contributed by atoms with Crippen LogP contribution in [0.3, 0.4) is 0 Å². The second kappa shape index (κ2) is 10.7. The van der Waals surface area contributed by atoms with Gasteiger partial charge in [-0.3, -0.25) is 0 Å². The van der Waals surface area contributed by atoms with Gasteiger partial charge in [0, 0.05) is 48.8 Å². The van der Waals surface area contributed by atoms with Crippen molar-refractivity contribution < 1.29 is 17.9 Å². The van der Waals surface area contributed by atoms with Crippen LogP contribution in [0.25, 0.3) is 0 Å². The quantitative estimate of drug-likeness (QED) is 0.507. The smallest absolute Gasteiger partial charge is 0.381 e. The fourth-order valence-electron chi connectivity index (χ4n) is 5.07. The van der Waals surface area contributed by atoms with Crippen molar-refractivity contribution >= 4 is 23.0 Å². The first-order valence-corrected chi connectivity index (χ1v) is 12.3. The highest BCUT2D eigenvalue weighted by molar-refractivity contribution is 7.80. The first-order chi connectivity index (χ1) is 16.2. The SMILES string of the molecule is CN(C)CCNC(=S)NC[C@H]1CC[C@@H]2[C@H](O1)c1cc(C(F)(F)F)ccc1N[C@H]2C1C=CC=CC1. The summed E-state index contributed by atoms with van der Waals surface area (Å²) in [6.45, 7) is 2.12. The van der Waals surface area contributed by atoms with E-state index in [9.17, 15) is 13.2 Å². The molecule has 0 saturated carbocycles. The number of likely N-dealkylation sites (N-methyl/N-ethyl adjacent to an activating group) is 1. The van der Waals surface area contributed by atoms with E-state index in [2.05, 4.69) is 33.0 Å². The molecule has 186 valence electrons. The average Bonchev–Trinajstić information content (AvgIpc) is 2.81. The normalized spacial score (nSPS) is 28.1. The van der Waals surface area contributed by atoms with Crippen molar-refractivity contribution in [2.45, 2.75) is 43.7 Å². The summed E-state index contributed by atoms with van der Waals surface area (Å²) in [4.78, 5) is 2.07. The van der Waals surface area contributed by atoms with Gasteiger partial charge in [0.25, 0.3) is 0 Å². The number of halogens is 3. The first-order valence-electron chi connectivity index (χ1n) is 11.9. The molecule has 2 aliphatic heterocycles. The number of allylic oxidation sites excluding steroid dienone is 3. The molecule has 1 aromatic carbocycles. The monoisotopic (exact) mass is 494 g/mol. The van der Waals surface area contributed by atoms with Crippen LogP contribution < -0.4 is 16.0 Å². The van der Waals surface area contributed by atoms with Crippen molar-refractivity contribution in [3.63, 3.8) is 0 Å². The van der Waals surface area contributed by atoms with Gasteiger partial charge in [0.2, 0.25) is 0 Å². The minimum Gasteiger partial charge on any atom is -0.381 e. The lowest BCUT2D eigenvalue weighted by molar-refractivity contribution is -0.138. The third kappa shape index (κ3) is 5.93. The number of rotatable bonds is 6. The second-order valence-electron chi connectivity index (χ2n) is 9.54. The van der Waals surface area contributed by atoms with E-state index in [0.29, 0.717) is 17.2 Å². The zero-order chi connectivity index (χ0) is 24.3. The molecule has 1 fully saturated rings. The molecule has 2 heterocycles. The molecule has 0 spiro atoms. The predicted molar refractivity (Wildman–Crippen MR) is 133 cm³/mol. The fraction of sp³-hybridized carbons (Fsp3) is 0.560. The van der Waals surface area contributed by atoms with Gasteiger partial charge in [0.1, 0.15) is 0 Å². The van der Waals surface area contributed by atoms with Gasteiger partial charge in [0.05, 0.1) is 17.8 Å². The highest BCUT2D eigenvalue weighted by Gasteiger charge is 2.45. The summed E-state index contributed by atoms with van der Waals surface area (Å²) in [6, 6.07) is 4.08. The van der Waals surface area contributed by atoms with Crippen molar-refractivity contribution in [2.24, 2.45) is 11.8 Å². The Morgan fingerprint density at radius 2 is 2.03 bits per heavy atom. The van der Waals surface area contributed by atoms with Gasteiger partial charge in [-0.15, -0.1) is 0 Å². The molecule has 1 aromatic rings. The van der Waals surface area contributed by atoms with E-state index in [1.165, 1.54) is 6.07 Å². The highest BCUT2D eigenvalue weighted by atomic mass is 32.1. The first kappa shape index (κ1) is 25.0. The van der Waals surface area contributed by atoms with Gasteiger partial charge < -0.3 is 25.6 Å². The third-order valence-corrected chi connectivity index (χ3v) is 7.12. The second-order valence-corrected chi connectivity index (χ2v) is 9.95. The predicted octanol–water partition coefficient (Wildman–Crippen LogP) is 4.49. The van der Waals surface area contributed by atoms with Crippen LogP contribution >= 0.6 is 12.2 Å². The number of nitrogens with one attached hydrogen (secondary N) is 3. The number of anilines is 1. The molecule has 9 heteroatoms. The van der Waals surface area contributed by atoms with Gasteiger partial charge in [0.15, 0.2) is 5.11 Å². The Labute approximate surface area is 204 Å². The fourth-order valence-corrected chi connectivity index (χ4v) is 5.26. The average molecular weight is 495 g/mol. The van der Waals surface area contributed by atoms with Crippen LogP contribution in [0.4, 0.5) is 18.9 Å². The number of hydrogen-bond donors (Lipinski definition) is 3. The Morgan fingerprint density at radius 1 is 1.21 bits per heavy atom. The molecule has 1 aliphatic carbocycles. The minimum atomic E-state index is -4.39. The van der Waals surface area contributed by atoms with Gasteiger partial charge in [-0.05, 0) is 63.8 Å². The van der Waals surface area contributed by atoms with Gasteiger partial charge in [-0.1, -0.05) is 24.3 Å². The van der Waals surface area contributed by atoms with Crippen LogP contribution in [0, 0.1) is 11.8 Å². The highest BCUT2D eigenvalue weighted by Crippen LogP contribution is 2.49. The van der Waals surface area contributed by atoms with Gasteiger partial charge in [-0.2, -0.15) is 13.2 Å². The molecule has 3 aliphatic rings. The van der Waals surface area contributed by atoms with E-state index in [4.69, 9.17) is 17.0 Å².